The van der Waals surface area contributed by atoms with E-state index >= 15 is 0 Å². The van der Waals surface area contributed by atoms with Gasteiger partial charge in [0, 0.05) is 5.56 Å². The highest BCUT2D eigenvalue weighted by Crippen LogP contribution is 2.29. The molecule has 0 atom stereocenters. The summed E-state index contributed by atoms with van der Waals surface area (Å²) in [5.74, 6) is -1.90. The lowest BCUT2D eigenvalue weighted by Crippen LogP contribution is -1.98. The van der Waals surface area contributed by atoms with E-state index in [1.807, 2.05) is 0 Å². The van der Waals surface area contributed by atoms with E-state index in [2.05, 4.69) is 9.68 Å². The Balaban J connectivity index is 2.66. The summed E-state index contributed by atoms with van der Waals surface area (Å²) in [6.07, 6.45) is 0. The molecule has 2 rings (SSSR count). The van der Waals surface area contributed by atoms with Crippen LogP contribution in [0.25, 0.3) is 11.3 Å². The van der Waals surface area contributed by atoms with Gasteiger partial charge in [0.05, 0.1) is 0 Å². The number of rotatable bonds is 2. The Morgan fingerprint density at radius 1 is 1.44 bits per heavy atom. The maximum absolute atomic E-state index is 13.4. The van der Waals surface area contributed by atoms with Crippen LogP contribution >= 0.6 is 11.6 Å². The van der Waals surface area contributed by atoms with Crippen molar-refractivity contribution in [2.45, 2.75) is 0 Å². The number of carbonyl (C=O) groups is 1. The first-order chi connectivity index (χ1) is 7.61. The molecular weight excluding hydrogens is 237 g/mol. The molecule has 0 fully saturated rings. The Labute approximate surface area is 94.2 Å². The first-order valence-corrected chi connectivity index (χ1v) is 4.62. The zero-order valence-corrected chi connectivity index (χ0v) is 8.53. The van der Waals surface area contributed by atoms with Gasteiger partial charge in [0.25, 0.3) is 0 Å². The van der Waals surface area contributed by atoms with Crippen LogP contribution in [0.2, 0.25) is 5.22 Å². The summed E-state index contributed by atoms with van der Waals surface area (Å²) in [6, 6.07) is 5.65. The summed E-state index contributed by atoms with van der Waals surface area (Å²) in [4.78, 5) is 10.9. The molecule has 4 nitrogen and oxygen atoms in total. The lowest BCUT2D eigenvalue weighted by molar-refractivity contribution is 0.0697. The molecule has 0 radical (unpaired) electrons. The molecule has 1 aromatic heterocycles. The van der Waals surface area contributed by atoms with Gasteiger partial charge in [0.1, 0.15) is 17.1 Å². The lowest BCUT2D eigenvalue weighted by Gasteiger charge is -1.98. The van der Waals surface area contributed by atoms with E-state index in [-0.39, 0.29) is 22.0 Å². The van der Waals surface area contributed by atoms with Gasteiger partial charge >= 0.3 is 5.97 Å². The molecule has 82 valence electrons. The Bertz CT molecular complexity index is 553. The third-order valence-electron chi connectivity index (χ3n) is 1.99. The summed E-state index contributed by atoms with van der Waals surface area (Å²) < 4.78 is 17.9. The largest absolute Gasteiger partial charge is 0.477 e. The number of halogens is 2. The van der Waals surface area contributed by atoms with Crippen LogP contribution in [0, 0.1) is 5.82 Å². The highest BCUT2D eigenvalue weighted by molar-refractivity contribution is 6.32. The molecule has 2 aromatic rings. The number of hydrogen-bond donors (Lipinski definition) is 1. The minimum absolute atomic E-state index is 0.0375. The van der Waals surface area contributed by atoms with Crippen LogP contribution in [0.1, 0.15) is 10.4 Å². The fourth-order valence-corrected chi connectivity index (χ4v) is 1.50. The van der Waals surface area contributed by atoms with Gasteiger partial charge in [-0.2, -0.15) is 0 Å². The second-order valence-corrected chi connectivity index (χ2v) is 3.31. The van der Waals surface area contributed by atoms with Crippen LogP contribution < -0.4 is 0 Å². The minimum Gasteiger partial charge on any atom is -0.477 e. The molecule has 6 heteroatoms. The number of benzene rings is 1. The van der Waals surface area contributed by atoms with E-state index in [1.54, 1.807) is 6.07 Å². The van der Waals surface area contributed by atoms with Gasteiger partial charge in [-0.3, -0.25) is 0 Å². The molecule has 16 heavy (non-hydrogen) atoms. The van der Waals surface area contributed by atoms with Crippen LogP contribution in [0.3, 0.4) is 0 Å². The number of aromatic nitrogens is 1. The van der Waals surface area contributed by atoms with Crippen LogP contribution in [-0.2, 0) is 0 Å². The standard InChI is InChI=1S/C10H5ClFNO3/c11-9-7(10(14)15)8(13-16-9)5-3-1-2-4-6(5)12/h1-4H,(H,14,15). The van der Waals surface area contributed by atoms with Gasteiger partial charge in [-0.1, -0.05) is 17.3 Å². The van der Waals surface area contributed by atoms with Gasteiger partial charge < -0.3 is 9.63 Å². The summed E-state index contributed by atoms with van der Waals surface area (Å²) >= 11 is 5.51. The lowest BCUT2D eigenvalue weighted by atomic mass is 10.1. The normalized spacial score (nSPS) is 10.4. The Hall–Kier alpha value is -1.88. The zero-order valence-electron chi connectivity index (χ0n) is 7.78. The second kappa shape index (κ2) is 3.94. The van der Waals surface area contributed by atoms with Crippen molar-refractivity contribution < 1.29 is 18.8 Å². The molecule has 0 amide bonds. The number of carboxylic acids is 1. The molecule has 0 saturated carbocycles. The van der Waals surface area contributed by atoms with E-state index < -0.39 is 11.8 Å². The highest BCUT2D eigenvalue weighted by Gasteiger charge is 2.23. The second-order valence-electron chi connectivity index (χ2n) is 2.96. The van der Waals surface area contributed by atoms with Crippen molar-refractivity contribution >= 4 is 17.6 Å². The fraction of sp³-hybridized carbons (Fsp3) is 0. The maximum Gasteiger partial charge on any atom is 0.342 e. The fourth-order valence-electron chi connectivity index (χ4n) is 1.29. The van der Waals surface area contributed by atoms with Crippen molar-refractivity contribution in [1.82, 2.24) is 5.16 Å². The monoisotopic (exact) mass is 241 g/mol. The SMILES string of the molecule is O=C(O)c1c(-c2ccccc2F)noc1Cl. The Kier molecular flexibility index (Phi) is 2.62. The average Bonchev–Trinajstić information content (AvgIpc) is 2.61. The molecule has 0 aliphatic heterocycles. The van der Waals surface area contributed by atoms with Gasteiger partial charge in [-0.15, -0.1) is 0 Å². The van der Waals surface area contributed by atoms with Crippen molar-refractivity contribution in [2.75, 3.05) is 0 Å². The smallest absolute Gasteiger partial charge is 0.342 e. The number of nitrogens with zero attached hydrogens (tertiary/aromatic N) is 1. The maximum atomic E-state index is 13.4. The van der Waals surface area contributed by atoms with Crippen molar-refractivity contribution in [2.24, 2.45) is 0 Å². The molecule has 0 aliphatic carbocycles. The Morgan fingerprint density at radius 2 is 2.12 bits per heavy atom. The summed E-state index contributed by atoms with van der Waals surface area (Å²) in [6.45, 7) is 0. The summed E-state index contributed by atoms with van der Waals surface area (Å²) in [5, 5.41) is 12.0. The van der Waals surface area contributed by atoms with E-state index in [4.69, 9.17) is 16.7 Å². The van der Waals surface area contributed by atoms with Gasteiger partial charge in [0.15, 0.2) is 0 Å². The Morgan fingerprint density at radius 3 is 2.75 bits per heavy atom. The predicted octanol–water partition coefficient (Wildman–Crippen LogP) is 2.83. The topological polar surface area (TPSA) is 63.3 Å². The molecule has 1 aromatic carbocycles. The molecule has 0 saturated heterocycles. The third-order valence-corrected chi connectivity index (χ3v) is 2.25. The van der Waals surface area contributed by atoms with E-state index in [1.165, 1.54) is 18.2 Å². The van der Waals surface area contributed by atoms with Crippen molar-refractivity contribution in [3.8, 4) is 11.3 Å². The highest BCUT2D eigenvalue weighted by atomic mass is 35.5. The van der Waals surface area contributed by atoms with Crippen LogP contribution in [0.5, 0.6) is 0 Å². The number of carboxylic acid groups (broad SMARTS) is 1. The van der Waals surface area contributed by atoms with Gasteiger partial charge in [0.2, 0.25) is 5.22 Å². The third kappa shape index (κ3) is 1.65. The first kappa shape index (κ1) is 10.6. The van der Waals surface area contributed by atoms with Crippen molar-refractivity contribution in [3.05, 3.63) is 40.9 Å². The molecule has 0 aliphatic rings. The molecule has 1 heterocycles. The summed E-state index contributed by atoms with van der Waals surface area (Å²) in [5.41, 5.74) is -0.419. The van der Waals surface area contributed by atoms with Crippen LogP contribution in [-0.4, -0.2) is 16.2 Å². The van der Waals surface area contributed by atoms with Crippen molar-refractivity contribution in [1.29, 1.82) is 0 Å². The first-order valence-electron chi connectivity index (χ1n) is 4.24. The van der Waals surface area contributed by atoms with E-state index in [9.17, 15) is 9.18 Å². The molecule has 0 unspecified atom stereocenters. The van der Waals surface area contributed by atoms with E-state index in [0.717, 1.165) is 0 Å². The minimum atomic E-state index is -1.32. The quantitative estimate of drug-likeness (QED) is 0.878. The number of aromatic carboxylic acids is 1. The van der Waals surface area contributed by atoms with Gasteiger partial charge in [-0.05, 0) is 23.7 Å². The van der Waals surface area contributed by atoms with Crippen LogP contribution in [0.4, 0.5) is 4.39 Å². The molecular formula is C10H5ClFNO3. The summed E-state index contributed by atoms with van der Waals surface area (Å²) in [7, 11) is 0. The molecule has 0 bridgehead atoms. The predicted molar refractivity (Wildman–Crippen MR) is 53.9 cm³/mol. The van der Waals surface area contributed by atoms with Crippen molar-refractivity contribution in [3.63, 3.8) is 0 Å². The molecule has 1 N–H and O–H groups in total. The number of hydrogen-bond acceptors (Lipinski definition) is 3. The average molecular weight is 242 g/mol. The van der Waals surface area contributed by atoms with E-state index in [0.29, 0.717) is 0 Å². The molecule has 0 spiro atoms. The van der Waals surface area contributed by atoms with Crippen LogP contribution in [0.15, 0.2) is 28.8 Å². The zero-order chi connectivity index (χ0) is 11.7. The van der Waals surface area contributed by atoms with Gasteiger partial charge in [-0.25, -0.2) is 9.18 Å².